The van der Waals surface area contributed by atoms with Gasteiger partial charge in [-0.1, -0.05) is 18.2 Å². The van der Waals surface area contributed by atoms with E-state index in [1.807, 2.05) is 54.2 Å². The van der Waals surface area contributed by atoms with Crippen molar-refractivity contribution >= 4 is 33.9 Å². The van der Waals surface area contributed by atoms with Crippen LogP contribution in [-0.4, -0.2) is 38.0 Å². The number of benzene rings is 1. The summed E-state index contributed by atoms with van der Waals surface area (Å²) in [6.07, 6.45) is 2.12. The van der Waals surface area contributed by atoms with Gasteiger partial charge < -0.3 is 10.3 Å². The Hall–Kier alpha value is -3.26. The van der Waals surface area contributed by atoms with Crippen molar-refractivity contribution in [2.75, 3.05) is 6.54 Å². The summed E-state index contributed by atoms with van der Waals surface area (Å²) in [6, 6.07) is 9.40. The molecule has 4 rings (SSSR count). The van der Waals surface area contributed by atoms with Crippen LogP contribution in [0.3, 0.4) is 0 Å². The second-order valence-corrected chi connectivity index (χ2v) is 7.38. The summed E-state index contributed by atoms with van der Waals surface area (Å²) >= 11 is 1.50. The molecule has 0 aliphatic carbocycles. The average molecular weight is 393 g/mol. The first-order valence-electron chi connectivity index (χ1n) is 8.89. The highest BCUT2D eigenvalue weighted by molar-refractivity contribution is 7.12. The highest BCUT2D eigenvalue weighted by Crippen LogP contribution is 2.19. The van der Waals surface area contributed by atoms with Crippen molar-refractivity contribution in [3.8, 4) is 5.13 Å². The van der Waals surface area contributed by atoms with Crippen LogP contribution in [0, 0.1) is 13.8 Å². The molecule has 28 heavy (non-hydrogen) atoms. The molecule has 0 fully saturated rings. The highest BCUT2D eigenvalue weighted by Gasteiger charge is 2.19. The number of nitrogens with zero attached hydrogens (tertiary/aromatic N) is 3. The molecule has 1 amide bonds. The van der Waals surface area contributed by atoms with E-state index in [4.69, 9.17) is 0 Å². The topological polar surface area (TPSA) is 92.7 Å². The van der Waals surface area contributed by atoms with Crippen LogP contribution in [0.25, 0.3) is 16.0 Å². The smallest absolute Gasteiger partial charge is 0.292 e. The quantitative estimate of drug-likeness (QED) is 0.389. The molecule has 0 spiro atoms. The number of rotatable bonds is 6. The summed E-state index contributed by atoms with van der Waals surface area (Å²) in [5, 5.41) is 10.6. The Morgan fingerprint density at radius 3 is 2.86 bits per heavy atom. The number of aryl methyl sites for hydroxylation is 2. The number of carbonyl (C=O) groups excluding carboxylic acids is 2. The van der Waals surface area contributed by atoms with Crippen molar-refractivity contribution in [1.82, 2.24) is 25.1 Å². The van der Waals surface area contributed by atoms with Gasteiger partial charge in [0.2, 0.25) is 5.13 Å². The molecule has 0 bridgehead atoms. The molecule has 8 heteroatoms. The van der Waals surface area contributed by atoms with Crippen LogP contribution in [0.4, 0.5) is 0 Å². The van der Waals surface area contributed by atoms with E-state index in [1.165, 1.54) is 11.3 Å². The zero-order valence-corrected chi connectivity index (χ0v) is 16.3. The van der Waals surface area contributed by atoms with Gasteiger partial charge in [0.1, 0.15) is 0 Å². The van der Waals surface area contributed by atoms with Gasteiger partial charge in [-0.15, -0.1) is 11.3 Å². The first-order chi connectivity index (χ1) is 13.5. The molecule has 0 saturated carbocycles. The number of aromatic amines is 1. The molecule has 0 radical (unpaired) electrons. The summed E-state index contributed by atoms with van der Waals surface area (Å²) in [7, 11) is 0. The zero-order chi connectivity index (χ0) is 19.7. The third-order valence-corrected chi connectivity index (χ3v) is 5.30. The third kappa shape index (κ3) is 3.46. The molecule has 7 nitrogen and oxygen atoms in total. The fourth-order valence-electron chi connectivity index (χ4n) is 3.10. The van der Waals surface area contributed by atoms with Gasteiger partial charge in [-0.05, 0) is 26.0 Å². The molecule has 0 unspecified atom stereocenters. The number of carbonyl (C=O) groups is 2. The molecule has 3 heterocycles. The van der Waals surface area contributed by atoms with E-state index < -0.39 is 11.7 Å². The number of H-pyrrole nitrogens is 1. The van der Waals surface area contributed by atoms with Crippen LogP contribution in [0.5, 0.6) is 0 Å². The Morgan fingerprint density at radius 2 is 2.07 bits per heavy atom. The molecule has 1 aromatic carbocycles. The van der Waals surface area contributed by atoms with Gasteiger partial charge in [-0.25, -0.2) is 9.67 Å². The lowest BCUT2D eigenvalue weighted by atomic mass is 10.1. The lowest BCUT2D eigenvalue weighted by Gasteiger charge is -2.03. The van der Waals surface area contributed by atoms with Gasteiger partial charge in [-0.3, -0.25) is 9.59 Å². The van der Waals surface area contributed by atoms with E-state index in [-0.39, 0.29) is 0 Å². The molecule has 0 atom stereocenters. The van der Waals surface area contributed by atoms with Gasteiger partial charge in [0, 0.05) is 41.1 Å². The maximum Gasteiger partial charge on any atom is 0.292 e. The third-order valence-electron chi connectivity index (χ3n) is 4.44. The molecule has 3 aromatic heterocycles. The summed E-state index contributed by atoms with van der Waals surface area (Å²) in [6.45, 7) is 4.27. The number of aromatic nitrogens is 4. The molecular formula is C20H19N5O2S. The Balaban J connectivity index is 1.37. The van der Waals surface area contributed by atoms with Gasteiger partial charge in [0.05, 0.1) is 17.0 Å². The summed E-state index contributed by atoms with van der Waals surface area (Å²) < 4.78 is 1.81. The number of Topliss-reactive ketones (excluding diaryl/α,β-unsaturated/α-hetero) is 1. The number of hydrogen-bond acceptors (Lipinski definition) is 5. The molecule has 0 aliphatic heterocycles. The number of nitrogens with one attached hydrogen (secondary N) is 2. The first-order valence-corrected chi connectivity index (χ1v) is 9.77. The molecular weight excluding hydrogens is 374 g/mol. The van der Waals surface area contributed by atoms with Crippen molar-refractivity contribution in [2.24, 2.45) is 0 Å². The predicted molar refractivity (Wildman–Crippen MR) is 108 cm³/mol. The predicted octanol–water partition coefficient (Wildman–Crippen LogP) is 2.97. The van der Waals surface area contributed by atoms with E-state index >= 15 is 0 Å². The first kappa shape index (κ1) is 18.1. The Kier molecular flexibility index (Phi) is 4.79. The minimum Gasteiger partial charge on any atom is -0.360 e. The minimum absolute atomic E-state index is 0.340. The number of amides is 1. The highest BCUT2D eigenvalue weighted by atomic mass is 32.1. The largest absolute Gasteiger partial charge is 0.360 e. The summed E-state index contributed by atoms with van der Waals surface area (Å²) in [4.78, 5) is 32.3. The van der Waals surface area contributed by atoms with Gasteiger partial charge in [0.25, 0.3) is 11.7 Å². The minimum atomic E-state index is -0.612. The van der Waals surface area contributed by atoms with Crippen LogP contribution in [0.2, 0.25) is 0 Å². The van der Waals surface area contributed by atoms with Gasteiger partial charge >= 0.3 is 0 Å². The fourth-order valence-corrected chi connectivity index (χ4v) is 3.96. The second kappa shape index (κ2) is 7.40. The number of thiazole rings is 1. The van der Waals surface area contributed by atoms with Crippen molar-refractivity contribution in [2.45, 2.75) is 20.3 Å². The Morgan fingerprint density at radius 1 is 1.25 bits per heavy atom. The maximum absolute atomic E-state index is 12.4. The zero-order valence-electron chi connectivity index (χ0n) is 15.5. The Labute approximate surface area is 165 Å². The van der Waals surface area contributed by atoms with Crippen LogP contribution < -0.4 is 5.32 Å². The SMILES string of the molecule is Cc1cc(C)n(-c2nc(CCNC(=O)C(=O)c3c[nH]c4ccccc34)cs2)n1. The van der Waals surface area contributed by atoms with E-state index in [0.29, 0.717) is 18.5 Å². The van der Waals surface area contributed by atoms with Crippen LogP contribution >= 0.6 is 11.3 Å². The number of para-hydroxylation sites is 1. The lowest BCUT2D eigenvalue weighted by molar-refractivity contribution is -0.116. The standard InChI is InChI=1S/C20H19N5O2S/c1-12-9-13(2)25(24-12)20-23-14(11-28-20)7-8-21-19(27)18(26)16-10-22-17-6-4-3-5-15(16)17/h3-6,9-11,22H,7-8H2,1-2H3,(H,21,27). The van der Waals surface area contributed by atoms with E-state index in [9.17, 15) is 9.59 Å². The van der Waals surface area contributed by atoms with Gasteiger partial charge in [0.15, 0.2) is 0 Å². The molecule has 0 aliphatic rings. The van der Waals surface area contributed by atoms with Crippen molar-refractivity contribution < 1.29 is 9.59 Å². The van der Waals surface area contributed by atoms with E-state index in [1.54, 1.807) is 6.20 Å². The Bertz CT molecular complexity index is 1170. The average Bonchev–Trinajstić information content (AvgIpc) is 3.39. The van der Waals surface area contributed by atoms with Crippen molar-refractivity contribution in [3.05, 3.63) is 64.6 Å². The van der Waals surface area contributed by atoms with Crippen LogP contribution in [0.15, 0.2) is 41.9 Å². The number of fused-ring (bicyclic) bond motifs is 1. The van der Waals surface area contributed by atoms with Crippen molar-refractivity contribution in [1.29, 1.82) is 0 Å². The summed E-state index contributed by atoms with van der Waals surface area (Å²) in [5.74, 6) is -1.15. The second-order valence-electron chi connectivity index (χ2n) is 6.54. The molecule has 0 saturated heterocycles. The van der Waals surface area contributed by atoms with Crippen molar-refractivity contribution in [3.63, 3.8) is 0 Å². The number of ketones is 1. The molecule has 142 valence electrons. The molecule has 4 aromatic rings. The monoisotopic (exact) mass is 393 g/mol. The lowest BCUT2D eigenvalue weighted by Crippen LogP contribution is -2.32. The normalized spacial score (nSPS) is 11.1. The number of hydrogen-bond donors (Lipinski definition) is 2. The maximum atomic E-state index is 12.4. The van der Waals surface area contributed by atoms with E-state index in [2.05, 4.69) is 20.4 Å². The molecule has 2 N–H and O–H groups in total. The van der Waals surface area contributed by atoms with Crippen LogP contribution in [0.1, 0.15) is 27.4 Å². The fraction of sp³-hybridized carbons (Fsp3) is 0.200. The van der Waals surface area contributed by atoms with Gasteiger partial charge in [-0.2, -0.15) is 5.10 Å². The van der Waals surface area contributed by atoms with E-state index in [0.717, 1.165) is 33.1 Å². The van der Waals surface area contributed by atoms with Crippen LogP contribution in [-0.2, 0) is 11.2 Å². The summed E-state index contributed by atoms with van der Waals surface area (Å²) in [5.41, 5.74) is 4.03.